The molecule has 0 aliphatic heterocycles. The number of nitrogens with two attached hydrogens (primary N) is 1. The van der Waals surface area contributed by atoms with Gasteiger partial charge in [-0.1, -0.05) is 51.3 Å². The van der Waals surface area contributed by atoms with Crippen LogP contribution in [0.25, 0.3) is 0 Å². The molecule has 1 aromatic rings. The van der Waals surface area contributed by atoms with E-state index in [-0.39, 0.29) is 10.8 Å². The van der Waals surface area contributed by atoms with E-state index in [0.29, 0.717) is 19.3 Å². The Balaban J connectivity index is 2.98. The van der Waals surface area contributed by atoms with Gasteiger partial charge in [-0.15, -0.1) is 0 Å². The summed E-state index contributed by atoms with van der Waals surface area (Å²) in [7, 11) is -3.86. The van der Waals surface area contributed by atoms with E-state index in [1.54, 1.807) is 12.1 Å². The zero-order valence-corrected chi connectivity index (χ0v) is 16.9. The molecule has 0 aliphatic carbocycles. The van der Waals surface area contributed by atoms with E-state index in [0.717, 1.165) is 12.0 Å². The summed E-state index contributed by atoms with van der Waals surface area (Å²) >= 11 is 0. The van der Waals surface area contributed by atoms with Gasteiger partial charge in [0.2, 0.25) is 10.0 Å². The monoisotopic (exact) mass is 384 g/mol. The second-order valence-electron chi connectivity index (χ2n) is 7.27. The minimum absolute atomic E-state index is 0.0957. The molecule has 7 heteroatoms. The summed E-state index contributed by atoms with van der Waals surface area (Å²) in [5.74, 6) is -0.340. The number of carbonyl (C=O) groups excluding carboxylic acids is 1. The number of benzene rings is 1. The average molecular weight is 385 g/mol. The first-order valence-corrected chi connectivity index (χ1v) is 10.6. The fourth-order valence-corrected chi connectivity index (χ4v) is 3.97. The Labute approximate surface area is 157 Å². The van der Waals surface area contributed by atoms with Crippen LogP contribution in [0.1, 0.15) is 52.0 Å². The molecule has 1 unspecified atom stereocenters. The number of rotatable bonds is 11. The number of ketones is 1. The molecule has 0 heterocycles. The summed E-state index contributed by atoms with van der Waals surface area (Å²) in [6, 6.07) is 4.69. The molecule has 0 saturated carbocycles. The van der Waals surface area contributed by atoms with Crippen LogP contribution < -0.4 is 10.5 Å². The van der Waals surface area contributed by atoms with Gasteiger partial charge in [0.05, 0.1) is 10.9 Å². The highest BCUT2D eigenvalue weighted by Gasteiger charge is 2.32. The molecule has 0 amide bonds. The summed E-state index contributed by atoms with van der Waals surface area (Å²) in [5, 5.41) is 10.3. The Morgan fingerprint density at radius 2 is 1.81 bits per heavy atom. The fraction of sp³-hybridized carbons (Fsp3) is 0.632. The fourth-order valence-electron chi connectivity index (χ4n) is 2.73. The smallest absolute Gasteiger partial charge is 0.241 e. The number of sulfonamides is 1. The third kappa shape index (κ3) is 6.79. The summed E-state index contributed by atoms with van der Waals surface area (Å²) in [6.07, 6.45) is 0.896. The molecule has 1 rings (SSSR count). The molecule has 0 aromatic heterocycles. The van der Waals surface area contributed by atoms with E-state index >= 15 is 0 Å². The van der Waals surface area contributed by atoms with Crippen LogP contribution >= 0.6 is 0 Å². The number of carbonyl (C=O) groups is 1. The number of hydrogen-bond donors (Lipinski definition) is 3. The van der Waals surface area contributed by atoms with Crippen LogP contribution in [0.4, 0.5) is 0 Å². The highest BCUT2D eigenvalue weighted by atomic mass is 32.2. The van der Waals surface area contributed by atoms with Crippen molar-refractivity contribution < 1.29 is 18.3 Å². The minimum atomic E-state index is -3.86. The molecule has 0 aliphatic rings. The maximum atomic E-state index is 12.7. The maximum Gasteiger partial charge on any atom is 0.241 e. The Hall–Kier alpha value is -1.28. The van der Waals surface area contributed by atoms with Gasteiger partial charge in [-0.25, -0.2) is 13.1 Å². The number of aliphatic hydroxyl groups is 1. The van der Waals surface area contributed by atoms with E-state index in [1.165, 1.54) is 12.1 Å². The third-order valence-corrected chi connectivity index (χ3v) is 5.75. The standard InChI is InChI=1S/C19H32N2O4S/c1-5-6-7-17(19(23)18(22)16(20)12-13(2)3)21-26(24,25)15-10-8-14(4)9-11-15/h8-11,13,16-18,21-22H,5-7,12,20H2,1-4H3/t16-,17-,18?/m0/s1. The van der Waals surface area contributed by atoms with Crippen molar-refractivity contribution >= 4 is 15.8 Å². The summed E-state index contributed by atoms with van der Waals surface area (Å²) in [5.41, 5.74) is 6.87. The van der Waals surface area contributed by atoms with Gasteiger partial charge >= 0.3 is 0 Å². The van der Waals surface area contributed by atoms with Crippen LogP contribution in [0.3, 0.4) is 0 Å². The topological polar surface area (TPSA) is 109 Å². The molecule has 3 atom stereocenters. The van der Waals surface area contributed by atoms with E-state index in [1.807, 2.05) is 27.7 Å². The maximum absolute atomic E-state index is 12.7. The molecule has 0 radical (unpaired) electrons. The highest BCUT2D eigenvalue weighted by Crippen LogP contribution is 2.15. The first-order valence-electron chi connectivity index (χ1n) is 9.14. The Kier molecular flexibility index (Phi) is 8.89. The molecule has 6 nitrogen and oxygen atoms in total. The summed E-state index contributed by atoms with van der Waals surface area (Å²) in [4.78, 5) is 12.8. The van der Waals surface area contributed by atoms with E-state index in [2.05, 4.69) is 4.72 Å². The van der Waals surface area contributed by atoms with Crippen LogP contribution in [0, 0.1) is 12.8 Å². The van der Waals surface area contributed by atoms with Gasteiger partial charge < -0.3 is 10.8 Å². The Bertz CT molecular complexity index is 671. The lowest BCUT2D eigenvalue weighted by Gasteiger charge is -2.25. The average Bonchev–Trinajstić information content (AvgIpc) is 2.57. The van der Waals surface area contributed by atoms with Crippen molar-refractivity contribution in [3.05, 3.63) is 29.8 Å². The molecule has 4 N–H and O–H groups in total. The van der Waals surface area contributed by atoms with Gasteiger partial charge in [-0.05, 0) is 37.8 Å². The number of nitrogens with one attached hydrogen (secondary N) is 1. The number of unbranched alkanes of at least 4 members (excludes halogenated alkanes) is 1. The summed E-state index contributed by atoms with van der Waals surface area (Å²) in [6.45, 7) is 7.72. The molecule has 0 saturated heterocycles. The highest BCUT2D eigenvalue weighted by molar-refractivity contribution is 7.89. The van der Waals surface area contributed by atoms with E-state index < -0.39 is 34.0 Å². The normalized spacial score (nSPS) is 15.7. The van der Waals surface area contributed by atoms with Gasteiger partial charge in [0.25, 0.3) is 0 Å². The lowest BCUT2D eigenvalue weighted by molar-refractivity contribution is -0.130. The number of Topliss-reactive ketones (excluding diaryl/α,β-unsaturated/α-hetero) is 1. The molecule has 0 spiro atoms. The number of aliphatic hydroxyl groups excluding tert-OH is 1. The molecule has 0 fully saturated rings. The molecule has 148 valence electrons. The molecule has 26 heavy (non-hydrogen) atoms. The van der Waals surface area contributed by atoms with Crippen LogP contribution in [0.2, 0.25) is 0 Å². The largest absolute Gasteiger partial charge is 0.384 e. The molecule has 1 aromatic carbocycles. The Morgan fingerprint density at radius 3 is 2.31 bits per heavy atom. The minimum Gasteiger partial charge on any atom is -0.384 e. The number of hydrogen-bond acceptors (Lipinski definition) is 5. The van der Waals surface area contributed by atoms with E-state index in [4.69, 9.17) is 5.73 Å². The lowest BCUT2D eigenvalue weighted by Crippen LogP contribution is -2.51. The Morgan fingerprint density at radius 1 is 1.23 bits per heavy atom. The van der Waals surface area contributed by atoms with Crippen LogP contribution in [0.15, 0.2) is 29.2 Å². The third-order valence-electron chi connectivity index (χ3n) is 4.26. The van der Waals surface area contributed by atoms with Crippen LogP contribution in [-0.4, -0.2) is 37.5 Å². The first kappa shape index (κ1) is 22.8. The second kappa shape index (κ2) is 10.2. The van der Waals surface area contributed by atoms with Gasteiger partial charge in [-0.2, -0.15) is 0 Å². The van der Waals surface area contributed by atoms with Crippen LogP contribution in [0.5, 0.6) is 0 Å². The van der Waals surface area contributed by atoms with Crippen molar-refractivity contribution in [2.75, 3.05) is 0 Å². The molecular formula is C19H32N2O4S. The van der Waals surface area contributed by atoms with Crippen molar-refractivity contribution in [3.63, 3.8) is 0 Å². The summed E-state index contributed by atoms with van der Waals surface area (Å²) < 4.78 is 27.7. The van der Waals surface area contributed by atoms with Crippen molar-refractivity contribution in [3.8, 4) is 0 Å². The van der Waals surface area contributed by atoms with Crippen molar-refractivity contribution in [2.24, 2.45) is 11.7 Å². The SMILES string of the molecule is CCCC[C@H](NS(=O)(=O)c1ccc(C)cc1)C(=O)C(O)[C@@H](N)CC(C)C. The van der Waals surface area contributed by atoms with Crippen molar-refractivity contribution in [2.45, 2.75) is 76.5 Å². The first-order chi connectivity index (χ1) is 12.1. The number of aryl methyl sites for hydroxylation is 1. The van der Waals surface area contributed by atoms with Gasteiger partial charge in [0.15, 0.2) is 5.78 Å². The quantitative estimate of drug-likeness (QED) is 0.541. The zero-order valence-electron chi connectivity index (χ0n) is 16.1. The van der Waals surface area contributed by atoms with Crippen LogP contribution in [-0.2, 0) is 14.8 Å². The van der Waals surface area contributed by atoms with E-state index in [9.17, 15) is 18.3 Å². The van der Waals surface area contributed by atoms with Gasteiger partial charge in [0, 0.05) is 6.04 Å². The van der Waals surface area contributed by atoms with Gasteiger partial charge in [0.1, 0.15) is 6.10 Å². The van der Waals surface area contributed by atoms with Crippen molar-refractivity contribution in [1.29, 1.82) is 0 Å². The van der Waals surface area contributed by atoms with Crippen molar-refractivity contribution in [1.82, 2.24) is 4.72 Å². The predicted octanol–water partition coefficient (Wildman–Crippen LogP) is 2.14. The molecule has 0 bridgehead atoms. The second-order valence-corrected chi connectivity index (χ2v) is 8.98. The van der Waals surface area contributed by atoms with Gasteiger partial charge in [-0.3, -0.25) is 4.79 Å². The molecular weight excluding hydrogens is 352 g/mol. The lowest BCUT2D eigenvalue weighted by atomic mass is 9.93. The zero-order chi connectivity index (χ0) is 19.9. The predicted molar refractivity (Wildman–Crippen MR) is 103 cm³/mol.